The van der Waals surface area contributed by atoms with Crippen LogP contribution in [0.15, 0.2) is 71.1 Å². The molecule has 2 aromatic rings. The number of hydrogen-bond acceptors (Lipinski definition) is 6. The summed E-state index contributed by atoms with van der Waals surface area (Å²) in [7, 11) is 0. The highest BCUT2D eigenvalue weighted by molar-refractivity contribution is 5.81. The van der Waals surface area contributed by atoms with E-state index in [1.54, 1.807) is 30.3 Å². The number of rotatable bonds is 8. The molecule has 0 radical (unpaired) electrons. The van der Waals surface area contributed by atoms with Crippen LogP contribution in [-0.4, -0.2) is 28.8 Å². The number of ether oxygens (including phenoxy) is 1. The molecule has 27 heavy (non-hydrogen) atoms. The Kier molecular flexibility index (Phi) is 9.29. The van der Waals surface area contributed by atoms with E-state index in [0.717, 1.165) is 5.56 Å². The fraction of sp³-hybridized carbons (Fsp3) is 0.111. The molecule has 0 aliphatic heterocycles. The second-order valence-corrected chi connectivity index (χ2v) is 5.12. The van der Waals surface area contributed by atoms with E-state index >= 15 is 0 Å². The molecule has 0 aromatic heterocycles. The van der Waals surface area contributed by atoms with Gasteiger partial charge in [0.2, 0.25) is 6.54 Å². The summed E-state index contributed by atoms with van der Waals surface area (Å²) in [4.78, 5) is 11.8. The zero-order chi connectivity index (χ0) is 18.6. The summed E-state index contributed by atoms with van der Waals surface area (Å²) in [5, 5.41) is 25.5. The van der Waals surface area contributed by atoms with Crippen LogP contribution >= 0.6 is 0 Å². The van der Waals surface area contributed by atoms with Crippen LogP contribution in [0.1, 0.15) is 11.1 Å². The van der Waals surface area contributed by atoms with Crippen molar-refractivity contribution in [3.8, 4) is 5.75 Å². The van der Waals surface area contributed by atoms with Gasteiger partial charge in [0.25, 0.3) is 5.91 Å². The molecule has 2 aromatic carbocycles. The van der Waals surface area contributed by atoms with Crippen LogP contribution in [0.3, 0.4) is 0 Å². The number of hydrogen-bond donors (Lipinski definition) is 3. The second kappa shape index (κ2) is 11.8. The first kappa shape index (κ1) is 21.3. The van der Waals surface area contributed by atoms with E-state index in [-0.39, 0.29) is 24.2 Å². The average molecular weight is 371 g/mol. The Labute approximate surface area is 156 Å². The van der Waals surface area contributed by atoms with Crippen molar-refractivity contribution >= 4 is 18.2 Å². The standard InChI is InChI=1S/C18H18N4O4.H3N/c23-18(20-19-12-4-7-15-5-2-1-3-6-15)14-26-17-10-8-16(9-11-17)13-22(25)21-24;/h1-12,24H,13-14H2,(H,20,23);1H3. The number of benzene rings is 2. The summed E-state index contributed by atoms with van der Waals surface area (Å²) in [6.07, 6.45) is 5.05. The third-order valence-corrected chi connectivity index (χ3v) is 3.15. The van der Waals surface area contributed by atoms with Crippen molar-refractivity contribution in [1.82, 2.24) is 11.6 Å². The van der Waals surface area contributed by atoms with Gasteiger partial charge in [-0.15, -0.1) is 0 Å². The lowest BCUT2D eigenvalue weighted by atomic mass is 10.2. The Morgan fingerprint density at radius 2 is 1.89 bits per heavy atom. The summed E-state index contributed by atoms with van der Waals surface area (Å²) in [6.45, 7) is -0.277. The van der Waals surface area contributed by atoms with Crippen molar-refractivity contribution in [1.29, 1.82) is 0 Å². The van der Waals surface area contributed by atoms with Crippen LogP contribution in [0.25, 0.3) is 6.08 Å². The topological polar surface area (TPSA) is 144 Å². The SMILES string of the molecule is N.O=C(COc1ccc(C[N+]([O-])=NO)cc1)NN=CC=Cc1ccccc1. The Balaban J connectivity index is 0.00000364. The maximum atomic E-state index is 11.6. The number of allylic oxidation sites excluding steroid dienone is 1. The summed E-state index contributed by atoms with van der Waals surface area (Å²) < 4.78 is 5.31. The lowest BCUT2D eigenvalue weighted by Crippen LogP contribution is -2.24. The summed E-state index contributed by atoms with van der Waals surface area (Å²) in [5.41, 5.74) is 4.03. The van der Waals surface area contributed by atoms with Crippen molar-refractivity contribution < 1.29 is 19.6 Å². The smallest absolute Gasteiger partial charge is 0.277 e. The number of carbonyl (C=O) groups excluding carboxylic acids is 1. The fourth-order valence-electron chi connectivity index (χ4n) is 1.93. The highest BCUT2D eigenvalue weighted by Gasteiger charge is 2.03. The van der Waals surface area contributed by atoms with Gasteiger partial charge in [-0.25, -0.2) is 5.43 Å². The Morgan fingerprint density at radius 3 is 2.56 bits per heavy atom. The van der Waals surface area contributed by atoms with Gasteiger partial charge < -0.3 is 21.3 Å². The number of hydroxylamine groups is 1. The van der Waals surface area contributed by atoms with Gasteiger partial charge in [0.1, 0.15) is 5.75 Å². The minimum atomic E-state index is -0.400. The largest absolute Gasteiger partial charge is 0.597 e. The highest BCUT2D eigenvalue weighted by atomic mass is 16.6. The number of nitrogens with one attached hydrogen (secondary N) is 1. The summed E-state index contributed by atoms with van der Waals surface area (Å²) in [6, 6.07) is 16.2. The molecule has 0 fully saturated rings. The van der Waals surface area contributed by atoms with Crippen molar-refractivity contribution in [2.45, 2.75) is 6.54 Å². The van der Waals surface area contributed by atoms with E-state index in [1.807, 2.05) is 36.4 Å². The van der Waals surface area contributed by atoms with E-state index in [1.165, 1.54) is 6.21 Å². The number of amides is 1. The first-order valence-electron chi connectivity index (χ1n) is 7.72. The predicted molar refractivity (Wildman–Crippen MR) is 101 cm³/mol. The third-order valence-electron chi connectivity index (χ3n) is 3.15. The highest BCUT2D eigenvalue weighted by Crippen LogP contribution is 2.12. The molecule has 0 spiro atoms. The molecule has 0 unspecified atom stereocenters. The van der Waals surface area contributed by atoms with Crippen LogP contribution in [-0.2, 0) is 11.3 Å². The number of carbonyl (C=O) groups is 1. The Bertz CT molecular complexity index is 789. The van der Waals surface area contributed by atoms with E-state index in [2.05, 4.69) is 15.8 Å². The van der Waals surface area contributed by atoms with Gasteiger partial charge in [-0.2, -0.15) is 5.10 Å². The molecule has 5 N–H and O–H groups in total. The molecule has 9 heteroatoms. The van der Waals surface area contributed by atoms with Gasteiger partial charge in [0.05, 0.1) is 0 Å². The second-order valence-electron chi connectivity index (χ2n) is 5.12. The quantitative estimate of drug-likeness (QED) is 0.283. The third kappa shape index (κ3) is 8.27. The number of hydrazone groups is 1. The Morgan fingerprint density at radius 1 is 1.19 bits per heavy atom. The summed E-state index contributed by atoms with van der Waals surface area (Å²) >= 11 is 0. The first-order chi connectivity index (χ1) is 12.7. The van der Waals surface area contributed by atoms with Gasteiger partial charge in [0, 0.05) is 11.8 Å². The van der Waals surface area contributed by atoms with Crippen LogP contribution in [0.5, 0.6) is 5.75 Å². The van der Waals surface area contributed by atoms with Crippen LogP contribution < -0.4 is 16.3 Å². The van der Waals surface area contributed by atoms with E-state index in [9.17, 15) is 10.0 Å². The monoisotopic (exact) mass is 371 g/mol. The lowest BCUT2D eigenvalue weighted by molar-refractivity contribution is -0.570. The van der Waals surface area contributed by atoms with E-state index in [4.69, 9.17) is 9.94 Å². The van der Waals surface area contributed by atoms with Crippen molar-refractivity contribution in [3.05, 3.63) is 77.0 Å². The molecular weight excluding hydrogens is 350 g/mol. The molecule has 0 saturated heterocycles. The predicted octanol–water partition coefficient (Wildman–Crippen LogP) is 2.89. The molecule has 2 rings (SSSR count). The minimum Gasteiger partial charge on any atom is -0.597 e. The van der Waals surface area contributed by atoms with Crippen molar-refractivity contribution in [2.24, 2.45) is 10.4 Å². The molecular formula is C18H21N5O4. The normalized spacial score (nSPS) is 11.3. The van der Waals surface area contributed by atoms with Gasteiger partial charge >= 0.3 is 0 Å². The van der Waals surface area contributed by atoms with Gasteiger partial charge in [-0.05, 0) is 35.9 Å². The van der Waals surface area contributed by atoms with Gasteiger partial charge in [0.15, 0.2) is 11.9 Å². The van der Waals surface area contributed by atoms with Crippen LogP contribution in [0.4, 0.5) is 0 Å². The summed E-state index contributed by atoms with van der Waals surface area (Å²) in [5.74, 6) is 0.0680. The molecule has 0 aliphatic rings. The molecule has 0 saturated carbocycles. The lowest BCUT2D eigenvalue weighted by Gasteiger charge is -2.05. The van der Waals surface area contributed by atoms with Crippen molar-refractivity contribution in [3.63, 3.8) is 0 Å². The molecule has 1 amide bonds. The maximum absolute atomic E-state index is 11.6. The molecule has 0 atom stereocenters. The van der Waals surface area contributed by atoms with Crippen LogP contribution in [0.2, 0.25) is 0 Å². The number of nitrogens with zero attached hydrogens (tertiary/aromatic N) is 3. The molecule has 0 bridgehead atoms. The van der Waals surface area contributed by atoms with E-state index < -0.39 is 5.91 Å². The molecule has 142 valence electrons. The first-order valence-corrected chi connectivity index (χ1v) is 7.72. The maximum Gasteiger partial charge on any atom is 0.277 e. The Hall–Kier alpha value is -3.72. The van der Waals surface area contributed by atoms with E-state index in [0.29, 0.717) is 11.3 Å². The van der Waals surface area contributed by atoms with Crippen LogP contribution in [0, 0.1) is 5.21 Å². The zero-order valence-electron chi connectivity index (χ0n) is 14.6. The fourth-order valence-corrected chi connectivity index (χ4v) is 1.93. The molecule has 9 nitrogen and oxygen atoms in total. The molecule has 0 heterocycles. The molecule has 0 aliphatic carbocycles. The average Bonchev–Trinajstić information content (AvgIpc) is 2.68. The minimum absolute atomic E-state index is 0. The van der Waals surface area contributed by atoms with Crippen molar-refractivity contribution in [2.75, 3.05) is 6.61 Å². The van der Waals surface area contributed by atoms with Gasteiger partial charge in [-0.1, -0.05) is 41.3 Å². The zero-order valence-corrected chi connectivity index (χ0v) is 14.6. The van der Waals surface area contributed by atoms with Gasteiger partial charge in [-0.3, -0.25) is 4.79 Å².